The van der Waals surface area contributed by atoms with Crippen LogP contribution in [0.4, 0.5) is 0 Å². The zero-order valence-electron chi connectivity index (χ0n) is 7.09. The van der Waals surface area contributed by atoms with Gasteiger partial charge in [0.05, 0.1) is 0 Å². The number of hydrogen-bond donors (Lipinski definition) is 1. The Bertz CT molecular complexity index is 237. The van der Waals surface area contributed by atoms with Crippen LogP contribution >= 0.6 is 27.3 Å². The lowest BCUT2D eigenvalue weighted by molar-refractivity contribution is 0.339. The average Bonchev–Trinajstić information content (AvgIpc) is 2.37. The summed E-state index contributed by atoms with van der Waals surface area (Å²) >= 11 is 5.27. The molecule has 0 radical (unpaired) electrons. The van der Waals surface area contributed by atoms with Gasteiger partial charge in [-0.25, -0.2) is 0 Å². The normalized spacial score (nSPS) is 11.0. The van der Waals surface area contributed by atoms with E-state index in [4.69, 9.17) is 5.73 Å². The molecule has 0 bridgehead atoms. The fraction of sp³-hybridized carbons (Fsp3) is 0.500. The van der Waals surface area contributed by atoms with Gasteiger partial charge in [0.25, 0.3) is 0 Å². The molecule has 0 spiro atoms. The third-order valence-corrected chi connectivity index (χ3v) is 3.53. The Morgan fingerprint density at radius 2 is 2.42 bits per heavy atom. The Kier molecular flexibility index (Phi) is 4.21. The van der Waals surface area contributed by atoms with Gasteiger partial charge < -0.3 is 10.6 Å². The van der Waals surface area contributed by atoms with Gasteiger partial charge in [-0.3, -0.25) is 0 Å². The molecule has 4 heteroatoms. The van der Waals surface area contributed by atoms with Crippen molar-refractivity contribution in [3.8, 4) is 0 Å². The molecule has 0 unspecified atom stereocenters. The molecule has 0 aromatic carbocycles. The molecule has 0 atom stereocenters. The predicted molar refractivity (Wildman–Crippen MR) is 57.4 cm³/mol. The van der Waals surface area contributed by atoms with Gasteiger partial charge in [-0.15, -0.1) is 11.3 Å². The zero-order chi connectivity index (χ0) is 8.97. The van der Waals surface area contributed by atoms with E-state index in [2.05, 4.69) is 39.3 Å². The maximum atomic E-state index is 5.45. The molecule has 1 aromatic rings. The number of rotatable bonds is 4. The summed E-state index contributed by atoms with van der Waals surface area (Å²) in [7, 11) is 2.08. The lowest BCUT2D eigenvalue weighted by Gasteiger charge is -2.13. The Morgan fingerprint density at radius 1 is 1.67 bits per heavy atom. The minimum absolute atomic E-state index is 0.722. The van der Waals surface area contributed by atoms with Crippen molar-refractivity contribution >= 4 is 27.3 Å². The summed E-state index contributed by atoms with van der Waals surface area (Å²) in [5, 5.41) is 2.09. The molecule has 0 saturated heterocycles. The van der Waals surface area contributed by atoms with Crippen molar-refractivity contribution < 1.29 is 0 Å². The van der Waals surface area contributed by atoms with Crippen molar-refractivity contribution in [2.45, 2.75) is 6.54 Å². The smallest absolute Gasteiger partial charge is 0.0336 e. The molecule has 2 nitrogen and oxygen atoms in total. The van der Waals surface area contributed by atoms with Gasteiger partial charge in [0.1, 0.15) is 0 Å². The molecular formula is C8H13BrN2S. The van der Waals surface area contributed by atoms with Crippen LogP contribution in [0.15, 0.2) is 15.9 Å². The number of nitrogens with zero attached hydrogens (tertiary/aromatic N) is 1. The summed E-state index contributed by atoms with van der Waals surface area (Å²) in [4.78, 5) is 3.59. The molecular weight excluding hydrogens is 236 g/mol. The average molecular weight is 249 g/mol. The zero-order valence-corrected chi connectivity index (χ0v) is 9.49. The van der Waals surface area contributed by atoms with Crippen LogP contribution in [0.25, 0.3) is 0 Å². The van der Waals surface area contributed by atoms with Gasteiger partial charge in [-0.05, 0) is 34.4 Å². The van der Waals surface area contributed by atoms with Gasteiger partial charge in [-0.2, -0.15) is 0 Å². The highest BCUT2D eigenvalue weighted by atomic mass is 79.9. The summed E-state index contributed by atoms with van der Waals surface area (Å²) in [6.07, 6.45) is 0. The quantitative estimate of drug-likeness (QED) is 0.883. The standard InChI is InChI=1S/C8H13BrN2S/c1-11(4-3-10)6-8-7(9)2-5-12-8/h2,5H,3-4,6,10H2,1H3. The van der Waals surface area contributed by atoms with Gasteiger partial charge >= 0.3 is 0 Å². The first kappa shape index (κ1) is 10.2. The summed E-state index contributed by atoms with van der Waals surface area (Å²) in [6, 6.07) is 2.08. The lowest BCUT2D eigenvalue weighted by atomic mass is 10.4. The van der Waals surface area contributed by atoms with Crippen molar-refractivity contribution in [3.63, 3.8) is 0 Å². The molecule has 0 aliphatic rings. The van der Waals surface area contributed by atoms with Crippen LogP contribution in [0.5, 0.6) is 0 Å². The minimum atomic E-state index is 0.722. The van der Waals surface area contributed by atoms with E-state index in [-0.39, 0.29) is 0 Å². The highest BCUT2D eigenvalue weighted by Gasteiger charge is 2.03. The summed E-state index contributed by atoms with van der Waals surface area (Å²) in [5.41, 5.74) is 5.45. The molecule has 0 aliphatic heterocycles. The van der Waals surface area contributed by atoms with Crippen LogP contribution in [-0.2, 0) is 6.54 Å². The Labute approximate surface area is 85.5 Å². The Morgan fingerprint density at radius 3 is 2.92 bits per heavy atom. The number of thiophene rings is 1. The van der Waals surface area contributed by atoms with E-state index in [0.717, 1.165) is 19.6 Å². The van der Waals surface area contributed by atoms with Gasteiger partial charge in [-0.1, -0.05) is 0 Å². The van der Waals surface area contributed by atoms with Crippen LogP contribution in [0.3, 0.4) is 0 Å². The van der Waals surface area contributed by atoms with E-state index in [1.165, 1.54) is 9.35 Å². The van der Waals surface area contributed by atoms with E-state index in [1.807, 2.05) is 0 Å². The van der Waals surface area contributed by atoms with E-state index in [0.29, 0.717) is 0 Å². The molecule has 2 N–H and O–H groups in total. The third kappa shape index (κ3) is 2.86. The van der Waals surface area contributed by atoms with Crippen LogP contribution in [0.2, 0.25) is 0 Å². The van der Waals surface area contributed by atoms with Crippen LogP contribution in [-0.4, -0.2) is 25.0 Å². The molecule has 1 aromatic heterocycles. The number of hydrogen-bond acceptors (Lipinski definition) is 3. The monoisotopic (exact) mass is 248 g/mol. The van der Waals surface area contributed by atoms with Crippen LogP contribution in [0.1, 0.15) is 4.88 Å². The van der Waals surface area contributed by atoms with Crippen molar-refractivity contribution in [1.29, 1.82) is 0 Å². The highest BCUT2D eigenvalue weighted by molar-refractivity contribution is 9.10. The first-order valence-electron chi connectivity index (χ1n) is 3.84. The molecule has 68 valence electrons. The fourth-order valence-corrected chi connectivity index (χ4v) is 2.54. The molecule has 0 amide bonds. The van der Waals surface area contributed by atoms with Crippen molar-refractivity contribution in [1.82, 2.24) is 4.90 Å². The second kappa shape index (κ2) is 4.97. The van der Waals surface area contributed by atoms with Gasteiger partial charge in [0.2, 0.25) is 0 Å². The molecule has 12 heavy (non-hydrogen) atoms. The summed E-state index contributed by atoms with van der Waals surface area (Å²) in [6.45, 7) is 2.65. The summed E-state index contributed by atoms with van der Waals surface area (Å²) in [5.74, 6) is 0. The minimum Gasteiger partial charge on any atom is -0.329 e. The SMILES string of the molecule is CN(CCN)Cc1sccc1Br. The van der Waals surface area contributed by atoms with Gasteiger partial charge in [0.15, 0.2) is 0 Å². The summed E-state index contributed by atoms with van der Waals surface area (Å²) < 4.78 is 1.20. The second-order valence-electron chi connectivity index (χ2n) is 2.72. The van der Waals surface area contributed by atoms with Crippen LogP contribution < -0.4 is 5.73 Å². The topological polar surface area (TPSA) is 29.3 Å². The maximum Gasteiger partial charge on any atom is 0.0336 e. The first-order chi connectivity index (χ1) is 5.74. The van der Waals surface area contributed by atoms with E-state index in [9.17, 15) is 0 Å². The molecule has 1 heterocycles. The van der Waals surface area contributed by atoms with Crippen molar-refractivity contribution in [2.24, 2.45) is 5.73 Å². The molecule has 0 saturated carbocycles. The number of nitrogens with two attached hydrogens (primary N) is 1. The third-order valence-electron chi connectivity index (χ3n) is 1.62. The van der Waals surface area contributed by atoms with Crippen LogP contribution in [0, 0.1) is 0 Å². The lowest BCUT2D eigenvalue weighted by Crippen LogP contribution is -2.24. The largest absolute Gasteiger partial charge is 0.329 e. The van der Waals surface area contributed by atoms with Crippen molar-refractivity contribution in [3.05, 3.63) is 20.8 Å². The Hall–Kier alpha value is 0.100. The molecule has 0 aliphatic carbocycles. The van der Waals surface area contributed by atoms with Crippen molar-refractivity contribution in [2.75, 3.05) is 20.1 Å². The predicted octanol–water partition coefficient (Wildman–Crippen LogP) is 1.90. The van der Waals surface area contributed by atoms with E-state index < -0.39 is 0 Å². The molecule has 1 rings (SSSR count). The number of halogens is 1. The first-order valence-corrected chi connectivity index (χ1v) is 5.51. The second-order valence-corrected chi connectivity index (χ2v) is 4.57. The fourth-order valence-electron chi connectivity index (χ4n) is 0.983. The maximum absolute atomic E-state index is 5.45. The van der Waals surface area contributed by atoms with Gasteiger partial charge in [0, 0.05) is 29.0 Å². The van der Waals surface area contributed by atoms with E-state index >= 15 is 0 Å². The molecule has 0 fully saturated rings. The Balaban J connectivity index is 2.46. The number of likely N-dealkylation sites (N-methyl/N-ethyl adjacent to an activating group) is 1. The van der Waals surface area contributed by atoms with E-state index in [1.54, 1.807) is 11.3 Å². The highest BCUT2D eigenvalue weighted by Crippen LogP contribution is 2.23.